The summed E-state index contributed by atoms with van der Waals surface area (Å²) in [4.78, 5) is 12.0. The number of methoxy groups -OCH3 is 1. The molecule has 20 heavy (non-hydrogen) atoms. The zero-order valence-electron chi connectivity index (χ0n) is 12.2. The van der Waals surface area contributed by atoms with E-state index in [1.54, 1.807) is 13.2 Å². The second-order valence-electron chi connectivity index (χ2n) is 5.28. The zero-order valence-corrected chi connectivity index (χ0v) is 12.2. The van der Waals surface area contributed by atoms with Crippen LogP contribution >= 0.6 is 0 Å². The number of amides is 1. The van der Waals surface area contributed by atoms with Crippen molar-refractivity contribution in [1.29, 1.82) is 0 Å². The summed E-state index contributed by atoms with van der Waals surface area (Å²) in [5, 5.41) is 3.75. The summed E-state index contributed by atoms with van der Waals surface area (Å²) in [6.45, 7) is 5.02. The van der Waals surface area contributed by atoms with Crippen LogP contribution in [-0.4, -0.2) is 19.6 Å². The molecule has 0 spiro atoms. The smallest absolute Gasteiger partial charge is 0.287 e. The third kappa shape index (κ3) is 3.32. The number of ether oxygens (including phenoxy) is 1. The molecule has 0 saturated carbocycles. The number of benzene rings is 1. The molecule has 0 fully saturated rings. The van der Waals surface area contributed by atoms with E-state index in [0.717, 1.165) is 18.2 Å². The minimum Gasteiger partial charge on any atom is -0.493 e. The van der Waals surface area contributed by atoms with Gasteiger partial charge in [-0.1, -0.05) is 26.0 Å². The molecule has 1 aromatic carbocycles. The van der Waals surface area contributed by atoms with E-state index in [-0.39, 0.29) is 5.91 Å². The molecule has 0 atom stereocenters. The van der Waals surface area contributed by atoms with Crippen LogP contribution in [0.2, 0.25) is 0 Å². The molecule has 4 heteroatoms. The van der Waals surface area contributed by atoms with Crippen molar-refractivity contribution in [2.45, 2.75) is 26.7 Å². The Labute approximate surface area is 119 Å². The minimum absolute atomic E-state index is 0.174. The maximum atomic E-state index is 12.0. The number of carbonyl (C=O) groups is 1. The third-order valence-corrected chi connectivity index (χ3v) is 3.20. The zero-order chi connectivity index (χ0) is 14.5. The fraction of sp³-hybridized carbons (Fsp3) is 0.438. The lowest BCUT2D eigenvalue weighted by atomic mass is 10.1. The fourth-order valence-corrected chi connectivity index (χ4v) is 2.11. The van der Waals surface area contributed by atoms with E-state index in [9.17, 15) is 4.79 Å². The van der Waals surface area contributed by atoms with Gasteiger partial charge < -0.3 is 14.5 Å². The number of rotatable bonds is 6. The van der Waals surface area contributed by atoms with Crippen LogP contribution in [0.3, 0.4) is 0 Å². The first kappa shape index (κ1) is 14.4. The number of para-hydroxylation sites is 1. The predicted molar refractivity (Wildman–Crippen MR) is 79.2 cm³/mol. The maximum absolute atomic E-state index is 12.0. The minimum atomic E-state index is -0.174. The normalized spacial score (nSPS) is 11.0. The Kier molecular flexibility index (Phi) is 4.66. The molecule has 2 rings (SSSR count). The van der Waals surface area contributed by atoms with Gasteiger partial charge in [-0.05, 0) is 30.9 Å². The van der Waals surface area contributed by atoms with Crippen molar-refractivity contribution in [2.75, 3.05) is 13.7 Å². The average molecular weight is 275 g/mol. The average Bonchev–Trinajstić information content (AvgIpc) is 2.87. The number of nitrogens with one attached hydrogen (secondary N) is 1. The highest BCUT2D eigenvalue weighted by Crippen LogP contribution is 2.28. The van der Waals surface area contributed by atoms with Gasteiger partial charge in [0.05, 0.1) is 7.11 Å². The first-order chi connectivity index (χ1) is 9.61. The van der Waals surface area contributed by atoms with E-state index in [0.29, 0.717) is 29.6 Å². The molecule has 0 aliphatic heterocycles. The topological polar surface area (TPSA) is 51.5 Å². The summed E-state index contributed by atoms with van der Waals surface area (Å²) in [5.41, 5.74) is 0.613. The van der Waals surface area contributed by atoms with Crippen LogP contribution < -0.4 is 10.1 Å². The summed E-state index contributed by atoms with van der Waals surface area (Å²) >= 11 is 0. The highest BCUT2D eigenvalue weighted by atomic mass is 16.5. The van der Waals surface area contributed by atoms with Gasteiger partial charge >= 0.3 is 0 Å². The highest BCUT2D eigenvalue weighted by molar-refractivity contribution is 5.97. The molecule has 0 bridgehead atoms. The van der Waals surface area contributed by atoms with E-state index >= 15 is 0 Å². The first-order valence-corrected chi connectivity index (χ1v) is 6.96. The first-order valence-electron chi connectivity index (χ1n) is 6.96. The lowest BCUT2D eigenvalue weighted by Crippen LogP contribution is -2.24. The number of fused-ring (bicyclic) bond motifs is 1. The molecule has 0 saturated heterocycles. The molecule has 4 nitrogen and oxygen atoms in total. The summed E-state index contributed by atoms with van der Waals surface area (Å²) in [5.74, 6) is 1.45. The van der Waals surface area contributed by atoms with Gasteiger partial charge in [0.15, 0.2) is 17.1 Å². The molecule has 0 radical (unpaired) electrons. The van der Waals surface area contributed by atoms with Gasteiger partial charge in [-0.25, -0.2) is 0 Å². The fourth-order valence-electron chi connectivity index (χ4n) is 2.11. The van der Waals surface area contributed by atoms with Gasteiger partial charge in [0.25, 0.3) is 5.91 Å². The van der Waals surface area contributed by atoms with Gasteiger partial charge in [0.1, 0.15) is 0 Å². The van der Waals surface area contributed by atoms with Crippen molar-refractivity contribution in [1.82, 2.24) is 5.32 Å². The van der Waals surface area contributed by atoms with Crippen LogP contribution in [0.25, 0.3) is 11.0 Å². The van der Waals surface area contributed by atoms with E-state index in [4.69, 9.17) is 9.15 Å². The highest BCUT2D eigenvalue weighted by Gasteiger charge is 2.14. The largest absolute Gasteiger partial charge is 0.493 e. The van der Waals surface area contributed by atoms with Crippen LogP contribution in [0.15, 0.2) is 28.7 Å². The number of hydrogen-bond donors (Lipinski definition) is 1. The van der Waals surface area contributed by atoms with Crippen molar-refractivity contribution < 1.29 is 13.9 Å². The summed E-state index contributed by atoms with van der Waals surface area (Å²) < 4.78 is 10.8. The van der Waals surface area contributed by atoms with Crippen molar-refractivity contribution in [3.63, 3.8) is 0 Å². The Morgan fingerprint density at radius 2 is 2.20 bits per heavy atom. The molecule has 0 aliphatic rings. The van der Waals surface area contributed by atoms with Crippen LogP contribution in [-0.2, 0) is 0 Å². The van der Waals surface area contributed by atoms with Crippen LogP contribution in [0.1, 0.15) is 37.2 Å². The Morgan fingerprint density at radius 3 is 2.90 bits per heavy atom. The quantitative estimate of drug-likeness (QED) is 0.819. The predicted octanol–water partition coefficient (Wildman–Crippen LogP) is 3.61. The van der Waals surface area contributed by atoms with Crippen LogP contribution in [0.5, 0.6) is 5.75 Å². The molecule has 1 aromatic heterocycles. The van der Waals surface area contributed by atoms with Crippen molar-refractivity contribution in [3.05, 3.63) is 30.0 Å². The monoisotopic (exact) mass is 275 g/mol. The van der Waals surface area contributed by atoms with Gasteiger partial charge in [-0.15, -0.1) is 0 Å². The van der Waals surface area contributed by atoms with Crippen LogP contribution in [0.4, 0.5) is 0 Å². The van der Waals surface area contributed by atoms with E-state index in [1.807, 2.05) is 18.2 Å². The summed E-state index contributed by atoms with van der Waals surface area (Å²) in [7, 11) is 1.59. The van der Waals surface area contributed by atoms with Gasteiger partial charge in [0.2, 0.25) is 0 Å². The van der Waals surface area contributed by atoms with Crippen molar-refractivity contribution in [2.24, 2.45) is 5.92 Å². The molecule has 1 heterocycles. The molecule has 0 aliphatic carbocycles. The van der Waals surface area contributed by atoms with E-state index in [1.165, 1.54) is 0 Å². The molecule has 2 aromatic rings. The third-order valence-electron chi connectivity index (χ3n) is 3.20. The van der Waals surface area contributed by atoms with Crippen molar-refractivity contribution >= 4 is 16.9 Å². The van der Waals surface area contributed by atoms with E-state index in [2.05, 4.69) is 19.2 Å². The Balaban J connectivity index is 2.03. The second kappa shape index (κ2) is 6.46. The molecule has 1 N–H and O–H groups in total. The summed E-state index contributed by atoms with van der Waals surface area (Å²) in [6.07, 6.45) is 2.08. The maximum Gasteiger partial charge on any atom is 0.287 e. The molecular weight excluding hydrogens is 254 g/mol. The molecule has 108 valence electrons. The summed E-state index contributed by atoms with van der Waals surface area (Å²) in [6, 6.07) is 7.34. The van der Waals surface area contributed by atoms with Crippen LogP contribution in [0, 0.1) is 5.92 Å². The SMILES string of the molecule is COc1cccc2cc(C(=O)NCCCC(C)C)oc12. The second-order valence-corrected chi connectivity index (χ2v) is 5.28. The lowest BCUT2D eigenvalue weighted by Gasteiger charge is -2.05. The number of furan rings is 1. The molecular formula is C16H21NO3. The lowest BCUT2D eigenvalue weighted by molar-refractivity contribution is 0.0927. The van der Waals surface area contributed by atoms with Crippen molar-refractivity contribution in [3.8, 4) is 5.75 Å². The number of hydrogen-bond acceptors (Lipinski definition) is 3. The standard InChI is InChI=1S/C16H21NO3/c1-11(2)6-5-9-17-16(18)14-10-12-7-4-8-13(19-3)15(12)20-14/h4,7-8,10-11H,5-6,9H2,1-3H3,(H,17,18). The molecule has 1 amide bonds. The molecule has 0 unspecified atom stereocenters. The Morgan fingerprint density at radius 1 is 1.40 bits per heavy atom. The Bertz CT molecular complexity index is 586. The van der Waals surface area contributed by atoms with Gasteiger partial charge in [-0.2, -0.15) is 0 Å². The van der Waals surface area contributed by atoms with E-state index < -0.39 is 0 Å². The van der Waals surface area contributed by atoms with Gasteiger partial charge in [-0.3, -0.25) is 4.79 Å². The Hall–Kier alpha value is -1.97. The number of carbonyl (C=O) groups excluding carboxylic acids is 1. The van der Waals surface area contributed by atoms with Gasteiger partial charge in [0, 0.05) is 11.9 Å².